The first-order valence-corrected chi connectivity index (χ1v) is 9.04. The van der Waals surface area contributed by atoms with Crippen LogP contribution in [0.15, 0.2) is 60.7 Å². The molecule has 3 rings (SSSR count). The van der Waals surface area contributed by atoms with Gasteiger partial charge in [0, 0.05) is 0 Å². The van der Waals surface area contributed by atoms with Crippen molar-refractivity contribution < 1.29 is 43.5 Å². The van der Waals surface area contributed by atoms with Gasteiger partial charge in [-0.3, -0.25) is 0 Å². The molecule has 0 radical (unpaired) electrons. The van der Waals surface area contributed by atoms with Crippen molar-refractivity contribution in [3.63, 3.8) is 0 Å². The molecule has 158 valence electrons. The molecule has 2 N–H and O–H groups in total. The highest BCUT2D eigenvalue weighted by Gasteiger charge is 2.51. The smallest absolute Gasteiger partial charge is 0.340 e. The Morgan fingerprint density at radius 3 is 1.80 bits per heavy atom. The molecule has 2 aromatic rings. The first kappa shape index (κ1) is 21.4. The molecule has 0 bridgehead atoms. The van der Waals surface area contributed by atoms with E-state index in [0.29, 0.717) is 0 Å². The van der Waals surface area contributed by atoms with E-state index in [4.69, 9.17) is 14.2 Å². The average molecular weight is 416 g/mol. The van der Waals surface area contributed by atoms with Gasteiger partial charge in [-0.25, -0.2) is 14.4 Å². The number of aliphatic hydroxyl groups excluding tert-OH is 2. The van der Waals surface area contributed by atoms with Crippen LogP contribution in [0.5, 0.6) is 0 Å². The summed E-state index contributed by atoms with van der Waals surface area (Å²) in [5.74, 6) is -2.67. The molecule has 1 aliphatic rings. The molecule has 9 heteroatoms. The van der Waals surface area contributed by atoms with Gasteiger partial charge >= 0.3 is 17.9 Å². The van der Waals surface area contributed by atoms with Crippen LogP contribution in [-0.2, 0) is 23.7 Å². The summed E-state index contributed by atoms with van der Waals surface area (Å²) in [4.78, 5) is 36.8. The van der Waals surface area contributed by atoms with Gasteiger partial charge in [0.2, 0.25) is 6.29 Å². The van der Waals surface area contributed by atoms with Gasteiger partial charge in [-0.2, -0.15) is 0 Å². The van der Waals surface area contributed by atoms with Crippen LogP contribution in [0.1, 0.15) is 20.7 Å². The zero-order valence-corrected chi connectivity index (χ0v) is 15.9. The number of carbonyl (C=O) groups is 3. The lowest BCUT2D eigenvalue weighted by molar-refractivity contribution is -0.278. The molecule has 0 saturated carbocycles. The quantitative estimate of drug-likeness (QED) is 0.534. The van der Waals surface area contributed by atoms with E-state index in [1.165, 1.54) is 24.3 Å². The third kappa shape index (κ3) is 4.65. The van der Waals surface area contributed by atoms with Crippen LogP contribution >= 0.6 is 0 Å². The standard InChI is InChI=1S/C21H20O9/c1-27-20(26)16-14(22)15(23)17(28-18(24)12-8-4-2-5-9-12)21(29-16)30-19(25)13-10-6-3-7-11-13/h2-11,14-17,21-23H,1H3/t14-,15?,16?,17?,21-/m0/s1. The van der Waals surface area contributed by atoms with Crippen LogP contribution in [-0.4, -0.2) is 65.9 Å². The van der Waals surface area contributed by atoms with Crippen LogP contribution in [0.2, 0.25) is 0 Å². The van der Waals surface area contributed by atoms with Crippen molar-refractivity contribution in [1.29, 1.82) is 0 Å². The first-order chi connectivity index (χ1) is 14.4. The van der Waals surface area contributed by atoms with Gasteiger partial charge in [-0.05, 0) is 24.3 Å². The second-order valence-corrected chi connectivity index (χ2v) is 6.44. The molecule has 0 aliphatic carbocycles. The number of methoxy groups -OCH3 is 1. The minimum atomic E-state index is -1.79. The van der Waals surface area contributed by atoms with E-state index in [0.717, 1.165) is 7.11 Å². The van der Waals surface area contributed by atoms with E-state index in [9.17, 15) is 24.6 Å². The average Bonchev–Trinajstić information content (AvgIpc) is 2.79. The van der Waals surface area contributed by atoms with Crippen molar-refractivity contribution in [2.45, 2.75) is 30.7 Å². The van der Waals surface area contributed by atoms with Crippen LogP contribution in [0.4, 0.5) is 0 Å². The lowest BCUT2D eigenvalue weighted by Crippen LogP contribution is -2.62. The Kier molecular flexibility index (Phi) is 6.78. The van der Waals surface area contributed by atoms with Crippen molar-refractivity contribution in [3.05, 3.63) is 71.8 Å². The Hall–Kier alpha value is -3.27. The van der Waals surface area contributed by atoms with E-state index in [-0.39, 0.29) is 11.1 Å². The van der Waals surface area contributed by atoms with Crippen molar-refractivity contribution in [1.82, 2.24) is 0 Å². The molecule has 0 spiro atoms. The first-order valence-electron chi connectivity index (χ1n) is 9.04. The fourth-order valence-corrected chi connectivity index (χ4v) is 2.88. The molecule has 30 heavy (non-hydrogen) atoms. The molecule has 2 aromatic carbocycles. The molecule has 1 fully saturated rings. The second-order valence-electron chi connectivity index (χ2n) is 6.44. The van der Waals surface area contributed by atoms with Crippen LogP contribution < -0.4 is 0 Å². The van der Waals surface area contributed by atoms with Gasteiger partial charge in [-0.15, -0.1) is 0 Å². The third-order valence-corrected chi connectivity index (χ3v) is 4.46. The maximum Gasteiger partial charge on any atom is 0.340 e. The molecule has 9 nitrogen and oxygen atoms in total. The minimum absolute atomic E-state index is 0.169. The number of aliphatic hydroxyl groups is 2. The fraction of sp³-hybridized carbons (Fsp3) is 0.286. The zero-order valence-electron chi connectivity index (χ0n) is 15.9. The Balaban J connectivity index is 1.85. The fourth-order valence-electron chi connectivity index (χ4n) is 2.88. The zero-order chi connectivity index (χ0) is 21.7. The molecule has 1 aliphatic heterocycles. The number of hydrogen-bond donors (Lipinski definition) is 2. The lowest BCUT2D eigenvalue weighted by Gasteiger charge is -2.40. The van der Waals surface area contributed by atoms with E-state index < -0.39 is 48.6 Å². The molecular weight excluding hydrogens is 396 g/mol. The van der Waals surface area contributed by atoms with Crippen molar-refractivity contribution >= 4 is 17.9 Å². The summed E-state index contributed by atoms with van der Waals surface area (Å²) in [7, 11) is 1.07. The maximum absolute atomic E-state index is 12.4. The number of ether oxygens (including phenoxy) is 4. The van der Waals surface area contributed by atoms with Crippen LogP contribution in [0.3, 0.4) is 0 Å². The Morgan fingerprint density at radius 2 is 1.30 bits per heavy atom. The summed E-state index contributed by atoms with van der Waals surface area (Å²) in [6.45, 7) is 0. The predicted molar refractivity (Wildman–Crippen MR) is 100 cm³/mol. The number of carbonyl (C=O) groups excluding carboxylic acids is 3. The lowest BCUT2D eigenvalue weighted by atomic mass is 9.98. The van der Waals surface area contributed by atoms with Gasteiger partial charge in [0.15, 0.2) is 12.2 Å². The second kappa shape index (κ2) is 9.49. The highest BCUT2D eigenvalue weighted by Crippen LogP contribution is 2.27. The van der Waals surface area contributed by atoms with Crippen molar-refractivity contribution in [2.24, 2.45) is 0 Å². The van der Waals surface area contributed by atoms with Crippen LogP contribution in [0, 0.1) is 0 Å². The predicted octanol–water partition coefficient (Wildman–Crippen LogP) is 0.689. The number of benzene rings is 2. The Labute approximate surface area is 171 Å². The SMILES string of the molecule is COC(=O)C1O[C@@H](OC(=O)c2ccccc2)C(OC(=O)c2ccccc2)C(O)[C@@H]1O. The van der Waals surface area contributed by atoms with E-state index in [1.54, 1.807) is 36.4 Å². The summed E-state index contributed by atoms with van der Waals surface area (Å²) in [5, 5.41) is 20.7. The number of hydrogen-bond acceptors (Lipinski definition) is 9. The van der Waals surface area contributed by atoms with E-state index >= 15 is 0 Å². The summed E-state index contributed by atoms with van der Waals surface area (Å²) < 4.78 is 20.4. The van der Waals surface area contributed by atoms with Crippen molar-refractivity contribution in [2.75, 3.05) is 7.11 Å². The Bertz CT molecular complexity index is 884. The number of rotatable bonds is 5. The summed E-state index contributed by atoms with van der Waals surface area (Å²) in [5.41, 5.74) is 0.340. The molecular formula is C21H20O9. The highest BCUT2D eigenvalue weighted by molar-refractivity contribution is 5.90. The molecule has 1 saturated heterocycles. The summed E-state index contributed by atoms with van der Waals surface area (Å²) in [6.07, 6.45) is -8.49. The van der Waals surface area contributed by atoms with E-state index in [1.807, 2.05) is 0 Å². The number of esters is 3. The normalized spacial score (nSPS) is 25.8. The molecule has 3 unspecified atom stereocenters. The van der Waals surface area contributed by atoms with Gasteiger partial charge in [0.05, 0.1) is 18.2 Å². The van der Waals surface area contributed by atoms with Gasteiger partial charge in [-0.1, -0.05) is 36.4 Å². The Morgan fingerprint density at radius 1 is 0.800 bits per heavy atom. The minimum Gasteiger partial charge on any atom is -0.467 e. The molecule has 1 heterocycles. The largest absolute Gasteiger partial charge is 0.467 e. The molecule has 0 amide bonds. The van der Waals surface area contributed by atoms with Gasteiger partial charge < -0.3 is 29.2 Å². The maximum atomic E-state index is 12.4. The van der Waals surface area contributed by atoms with Gasteiger partial charge in [0.25, 0.3) is 0 Å². The van der Waals surface area contributed by atoms with Crippen LogP contribution in [0.25, 0.3) is 0 Å². The molecule has 5 atom stereocenters. The summed E-state index contributed by atoms with van der Waals surface area (Å²) >= 11 is 0. The highest BCUT2D eigenvalue weighted by atomic mass is 16.7. The third-order valence-electron chi connectivity index (χ3n) is 4.46. The topological polar surface area (TPSA) is 129 Å². The van der Waals surface area contributed by atoms with E-state index in [2.05, 4.69) is 4.74 Å². The molecule has 0 aromatic heterocycles. The monoisotopic (exact) mass is 416 g/mol. The van der Waals surface area contributed by atoms with Gasteiger partial charge in [0.1, 0.15) is 12.2 Å². The summed E-state index contributed by atoms with van der Waals surface area (Å²) in [6, 6.07) is 15.8. The van der Waals surface area contributed by atoms with Crippen molar-refractivity contribution in [3.8, 4) is 0 Å².